The fraction of sp³-hybridized carbons (Fsp3) is 0.231. The third-order valence-corrected chi connectivity index (χ3v) is 3.32. The Hall–Kier alpha value is -1.88. The molecule has 1 unspecified atom stereocenters. The van der Waals surface area contributed by atoms with Crippen molar-refractivity contribution in [2.24, 2.45) is 0 Å². The molecule has 0 saturated heterocycles. The summed E-state index contributed by atoms with van der Waals surface area (Å²) in [7, 11) is 0. The molecule has 4 nitrogen and oxygen atoms in total. The number of nitrogens with one attached hydrogen (secondary N) is 2. The highest BCUT2D eigenvalue weighted by Gasteiger charge is 2.11. The van der Waals surface area contributed by atoms with E-state index in [2.05, 4.69) is 22.2 Å². The van der Waals surface area contributed by atoms with Gasteiger partial charge in [0.2, 0.25) is 5.91 Å². The van der Waals surface area contributed by atoms with E-state index < -0.39 is 0 Å². The zero-order valence-electron chi connectivity index (χ0n) is 10.1. The van der Waals surface area contributed by atoms with Crippen molar-refractivity contribution >= 4 is 33.1 Å². The number of amides is 1. The number of benzene rings is 1. The number of fused-ring (bicyclic) bond motifs is 1. The minimum atomic E-state index is -0.282. The number of carbonyl (C=O) groups is 1. The quantitative estimate of drug-likeness (QED) is 0.813. The molecule has 94 valence electrons. The first-order chi connectivity index (χ1) is 8.70. The Labute approximate surface area is 110 Å². The Morgan fingerprint density at radius 2 is 2.44 bits per heavy atom. The maximum Gasteiger partial charge on any atom is 0.242 e. The summed E-state index contributed by atoms with van der Waals surface area (Å²) in [6, 6.07) is 5.60. The SMILES string of the molecule is C=CCNC(=O)C(C)Nc1ccc2ncsc2c1. The zero-order valence-corrected chi connectivity index (χ0v) is 11.0. The second-order valence-electron chi connectivity index (χ2n) is 3.93. The van der Waals surface area contributed by atoms with Crippen LogP contribution < -0.4 is 10.6 Å². The molecule has 0 spiro atoms. The molecule has 1 aromatic carbocycles. The molecule has 0 saturated carbocycles. The largest absolute Gasteiger partial charge is 0.374 e. The number of rotatable bonds is 5. The lowest BCUT2D eigenvalue weighted by Crippen LogP contribution is -2.37. The lowest BCUT2D eigenvalue weighted by molar-refractivity contribution is -0.121. The highest BCUT2D eigenvalue weighted by Crippen LogP contribution is 2.22. The van der Waals surface area contributed by atoms with Crippen LogP contribution in [0, 0.1) is 0 Å². The third-order valence-electron chi connectivity index (χ3n) is 2.53. The smallest absolute Gasteiger partial charge is 0.242 e. The van der Waals surface area contributed by atoms with Gasteiger partial charge in [0, 0.05) is 12.2 Å². The van der Waals surface area contributed by atoms with E-state index in [-0.39, 0.29) is 11.9 Å². The molecule has 0 bridgehead atoms. The van der Waals surface area contributed by atoms with Crippen molar-refractivity contribution in [3.05, 3.63) is 36.4 Å². The second kappa shape index (κ2) is 5.64. The second-order valence-corrected chi connectivity index (χ2v) is 4.82. The molecule has 1 atom stereocenters. The Morgan fingerprint density at radius 1 is 1.61 bits per heavy atom. The van der Waals surface area contributed by atoms with E-state index in [9.17, 15) is 4.79 Å². The summed E-state index contributed by atoms with van der Waals surface area (Å²) in [6.07, 6.45) is 1.66. The van der Waals surface area contributed by atoms with Crippen LogP contribution in [0.4, 0.5) is 5.69 Å². The Balaban J connectivity index is 2.03. The van der Waals surface area contributed by atoms with E-state index in [1.165, 1.54) is 0 Å². The van der Waals surface area contributed by atoms with Gasteiger partial charge in [-0.3, -0.25) is 4.79 Å². The molecule has 1 amide bonds. The lowest BCUT2D eigenvalue weighted by Gasteiger charge is -2.14. The molecule has 0 aliphatic rings. The molecule has 0 radical (unpaired) electrons. The predicted molar refractivity (Wildman–Crippen MR) is 75.9 cm³/mol. The average molecular weight is 261 g/mol. The maximum atomic E-state index is 11.7. The van der Waals surface area contributed by atoms with Crippen LogP contribution in [0.25, 0.3) is 10.2 Å². The summed E-state index contributed by atoms with van der Waals surface area (Å²) in [5.74, 6) is -0.0423. The molecule has 1 aromatic heterocycles. The summed E-state index contributed by atoms with van der Waals surface area (Å²) < 4.78 is 1.11. The van der Waals surface area contributed by atoms with Crippen LogP contribution in [-0.4, -0.2) is 23.5 Å². The fourth-order valence-corrected chi connectivity index (χ4v) is 2.30. The number of carbonyl (C=O) groups excluding carboxylic acids is 1. The fourth-order valence-electron chi connectivity index (χ4n) is 1.59. The van der Waals surface area contributed by atoms with E-state index >= 15 is 0 Å². The first-order valence-corrected chi connectivity index (χ1v) is 6.57. The van der Waals surface area contributed by atoms with Crippen LogP contribution in [0.5, 0.6) is 0 Å². The van der Waals surface area contributed by atoms with Gasteiger partial charge in [0.15, 0.2) is 0 Å². The minimum absolute atomic E-state index is 0.0423. The molecule has 2 N–H and O–H groups in total. The molecule has 0 fully saturated rings. The molecule has 0 aliphatic heterocycles. The third kappa shape index (κ3) is 2.87. The molecule has 0 aliphatic carbocycles. The predicted octanol–water partition coefficient (Wildman–Crippen LogP) is 2.40. The van der Waals surface area contributed by atoms with Gasteiger partial charge in [-0.2, -0.15) is 0 Å². The van der Waals surface area contributed by atoms with Gasteiger partial charge in [0.05, 0.1) is 15.7 Å². The van der Waals surface area contributed by atoms with E-state index in [0.29, 0.717) is 6.54 Å². The normalized spacial score (nSPS) is 12.1. The Bertz CT molecular complexity index is 564. The Kier molecular flexibility index (Phi) is 3.94. The van der Waals surface area contributed by atoms with Crippen LogP contribution >= 0.6 is 11.3 Å². The van der Waals surface area contributed by atoms with Gasteiger partial charge in [0.1, 0.15) is 6.04 Å². The van der Waals surface area contributed by atoms with Crippen molar-refractivity contribution in [3.63, 3.8) is 0 Å². The van der Waals surface area contributed by atoms with Crippen LogP contribution in [0.2, 0.25) is 0 Å². The van der Waals surface area contributed by atoms with Crippen LogP contribution in [0.1, 0.15) is 6.92 Å². The van der Waals surface area contributed by atoms with Crippen LogP contribution in [0.3, 0.4) is 0 Å². The van der Waals surface area contributed by atoms with Gasteiger partial charge in [-0.25, -0.2) is 4.98 Å². The van der Waals surface area contributed by atoms with Gasteiger partial charge in [-0.05, 0) is 25.1 Å². The number of hydrogen-bond donors (Lipinski definition) is 2. The van der Waals surface area contributed by atoms with E-state index in [0.717, 1.165) is 15.9 Å². The highest BCUT2D eigenvalue weighted by atomic mass is 32.1. The zero-order chi connectivity index (χ0) is 13.0. The highest BCUT2D eigenvalue weighted by molar-refractivity contribution is 7.16. The summed E-state index contributed by atoms with van der Waals surface area (Å²) in [4.78, 5) is 15.9. The van der Waals surface area contributed by atoms with Crippen LogP contribution in [0.15, 0.2) is 36.4 Å². The van der Waals surface area contributed by atoms with Gasteiger partial charge >= 0.3 is 0 Å². The van der Waals surface area contributed by atoms with E-state index in [1.54, 1.807) is 17.4 Å². The summed E-state index contributed by atoms with van der Waals surface area (Å²) in [5, 5.41) is 5.92. The summed E-state index contributed by atoms with van der Waals surface area (Å²) in [6.45, 7) is 5.88. The molecule has 1 heterocycles. The number of nitrogens with zero attached hydrogens (tertiary/aromatic N) is 1. The van der Waals surface area contributed by atoms with Gasteiger partial charge < -0.3 is 10.6 Å². The first-order valence-electron chi connectivity index (χ1n) is 5.69. The average Bonchev–Trinajstić information content (AvgIpc) is 2.83. The van der Waals surface area contributed by atoms with Crippen LogP contribution in [-0.2, 0) is 4.79 Å². The van der Waals surface area contributed by atoms with Crippen molar-refractivity contribution < 1.29 is 4.79 Å². The van der Waals surface area contributed by atoms with Crippen molar-refractivity contribution in [2.75, 3.05) is 11.9 Å². The molecule has 5 heteroatoms. The van der Waals surface area contributed by atoms with Crippen molar-refractivity contribution in [2.45, 2.75) is 13.0 Å². The lowest BCUT2D eigenvalue weighted by atomic mass is 10.2. The van der Waals surface area contributed by atoms with Crippen molar-refractivity contribution in [3.8, 4) is 0 Å². The molecule has 18 heavy (non-hydrogen) atoms. The Morgan fingerprint density at radius 3 is 3.22 bits per heavy atom. The topological polar surface area (TPSA) is 54.0 Å². The van der Waals surface area contributed by atoms with Gasteiger partial charge in [-0.1, -0.05) is 6.08 Å². The van der Waals surface area contributed by atoms with Crippen molar-refractivity contribution in [1.29, 1.82) is 0 Å². The maximum absolute atomic E-state index is 11.7. The van der Waals surface area contributed by atoms with E-state index in [1.807, 2.05) is 30.6 Å². The summed E-state index contributed by atoms with van der Waals surface area (Å²) >= 11 is 1.59. The minimum Gasteiger partial charge on any atom is -0.374 e. The van der Waals surface area contributed by atoms with Gasteiger partial charge in [0.25, 0.3) is 0 Å². The molecular formula is C13H15N3OS. The van der Waals surface area contributed by atoms with Crippen molar-refractivity contribution in [1.82, 2.24) is 10.3 Å². The number of thiazole rings is 1. The first kappa shape index (κ1) is 12.6. The number of hydrogen-bond acceptors (Lipinski definition) is 4. The summed E-state index contributed by atoms with van der Waals surface area (Å²) in [5.41, 5.74) is 3.72. The monoisotopic (exact) mass is 261 g/mol. The standard InChI is InChI=1S/C13H15N3OS/c1-3-6-14-13(17)9(2)16-10-4-5-11-12(7-10)18-8-15-11/h3-5,7-9,16H,1,6H2,2H3,(H,14,17). The molecule has 2 aromatic rings. The number of aromatic nitrogens is 1. The molecule has 2 rings (SSSR count). The van der Waals surface area contributed by atoms with E-state index in [4.69, 9.17) is 0 Å². The van der Waals surface area contributed by atoms with Gasteiger partial charge in [-0.15, -0.1) is 17.9 Å². The number of anilines is 1. The molecular weight excluding hydrogens is 246 g/mol.